The van der Waals surface area contributed by atoms with Crippen LogP contribution in [0.3, 0.4) is 0 Å². The van der Waals surface area contributed by atoms with Crippen molar-refractivity contribution in [2.75, 3.05) is 20.7 Å². The van der Waals surface area contributed by atoms with Crippen LogP contribution in [0.25, 0.3) is 0 Å². The highest BCUT2D eigenvalue weighted by Crippen LogP contribution is 2.21. The average Bonchev–Trinajstić information content (AvgIpc) is 1.94. The Labute approximate surface area is 69.3 Å². The van der Waals surface area contributed by atoms with E-state index in [9.17, 15) is 0 Å². The van der Waals surface area contributed by atoms with E-state index >= 15 is 0 Å². The molecule has 0 radical (unpaired) electrons. The molecule has 0 amide bonds. The first kappa shape index (κ1) is 7.66. The molecule has 1 aliphatic rings. The van der Waals surface area contributed by atoms with Gasteiger partial charge in [-0.2, -0.15) is 0 Å². The zero-order valence-electron chi connectivity index (χ0n) is 6.10. The van der Waals surface area contributed by atoms with Crippen molar-refractivity contribution in [3.05, 3.63) is 22.5 Å². The minimum Gasteiger partial charge on any atom is -0.494 e. The van der Waals surface area contributed by atoms with Gasteiger partial charge in [-0.05, 0) is 22.0 Å². The summed E-state index contributed by atoms with van der Waals surface area (Å²) in [5, 5.41) is 0. The molecule has 0 N–H and O–H groups in total. The summed E-state index contributed by atoms with van der Waals surface area (Å²) >= 11 is 3.38. The van der Waals surface area contributed by atoms with Gasteiger partial charge in [-0.1, -0.05) is 0 Å². The first-order valence-electron chi connectivity index (χ1n) is 3.06. The summed E-state index contributed by atoms with van der Waals surface area (Å²) in [5.41, 5.74) is 0. The molecule has 0 unspecified atom stereocenters. The van der Waals surface area contributed by atoms with E-state index in [0.29, 0.717) is 0 Å². The summed E-state index contributed by atoms with van der Waals surface area (Å²) < 4.78 is 6.11. The molecule has 0 bridgehead atoms. The van der Waals surface area contributed by atoms with Crippen molar-refractivity contribution < 1.29 is 4.74 Å². The van der Waals surface area contributed by atoms with Crippen LogP contribution in [0.1, 0.15) is 0 Å². The summed E-state index contributed by atoms with van der Waals surface area (Å²) in [7, 11) is 3.68. The maximum atomic E-state index is 5.08. The summed E-state index contributed by atoms with van der Waals surface area (Å²) in [6.07, 6.45) is 4.03. The van der Waals surface area contributed by atoms with Crippen molar-refractivity contribution in [2.45, 2.75) is 0 Å². The number of rotatable bonds is 1. The highest BCUT2D eigenvalue weighted by molar-refractivity contribution is 9.11. The Morgan fingerprint density at radius 1 is 1.70 bits per heavy atom. The van der Waals surface area contributed by atoms with Crippen LogP contribution in [0.4, 0.5) is 0 Å². The van der Waals surface area contributed by atoms with Crippen LogP contribution in [0, 0.1) is 0 Å². The van der Waals surface area contributed by atoms with Gasteiger partial charge in [0.1, 0.15) is 5.76 Å². The molecule has 0 saturated carbocycles. The lowest BCUT2D eigenvalue weighted by Gasteiger charge is -2.18. The van der Waals surface area contributed by atoms with Crippen LogP contribution in [-0.4, -0.2) is 25.6 Å². The fourth-order valence-corrected chi connectivity index (χ4v) is 1.20. The van der Waals surface area contributed by atoms with Gasteiger partial charge in [0.25, 0.3) is 0 Å². The maximum absolute atomic E-state index is 5.08. The lowest BCUT2D eigenvalue weighted by molar-refractivity contribution is 0.288. The smallest absolute Gasteiger partial charge is 0.148 e. The molecule has 56 valence electrons. The number of ether oxygens (including phenoxy) is 1. The Morgan fingerprint density at radius 2 is 2.40 bits per heavy atom. The lowest BCUT2D eigenvalue weighted by Crippen LogP contribution is -2.15. The highest BCUT2D eigenvalue weighted by Gasteiger charge is 2.07. The molecule has 3 heteroatoms. The minimum atomic E-state index is 0.883. The molecule has 0 spiro atoms. The van der Waals surface area contributed by atoms with Crippen molar-refractivity contribution in [1.29, 1.82) is 0 Å². The second-order valence-corrected chi connectivity index (χ2v) is 3.04. The Kier molecular flexibility index (Phi) is 2.38. The predicted molar refractivity (Wildman–Crippen MR) is 44.7 cm³/mol. The number of nitrogens with zero attached hydrogens (tertiary/aromatic N) is 1. The van der Waals surface area contributed by atoms with Crippen molar-refractivity contribution >= 4 is 15.9 Å². The molecule has 10 heavy (non-hydrogen) atoms. The molecule has 0 aromatic rings. The van der Waals surface area contributed by atoms with Crippen LogP contribution >= 0.6 is 15.9 Å². The Morgan fingerprint density at radius 3 is 2.90 bits per heavy atom. The molecular formula is C7H10BrNO. The van der Waals surface area contributed by atoms with Gasteiger partial charge in [0.2, 0.25) is 0 Å². The molecule has 0 aliphatic carbocycles. The molecular weight excluding hydrogens is 194 g/mol. The molecule has 0 fully saturated rings. The second kappa shape index (κ2) is 3.10. The van der Waals surface area contributed by atoms with Gasteiger partial charge in [0.05, 0.1) is 11.6 Å². The van der Waals surface area contributed by atoms with Crippen molar-refractivity contribution in [3.8, 4) is 0 Å². The van der Waals surface area contributed by atoms with E-state index in [0.717, 1.165) is 16.8 Å². The quantitative estimate of drug-likeness (QED) is 0.644. The average molecular weight is 204 g/mol. The van der Waals surface area contributed by atoms with E-state index < -0.39 is 0 Å². The number of allylic oxidation sites excluding steroid dienone is 1. The summed E-state index contributed by atoms with van der Waals surface area (Å²) in [5.74, 6) is 0.883. The van der Waals surface area contributed by atoms with E-state index in [1.807, 2.05) is 13.2 Å². The molecule has 2 nitrogen and oxygen atoms in total. The van der Waals surface area contributed by atoms with Crippen LogP contribution in [0.2, 0.25) is 0 Å². The number of methoxy groups -OCH3 is 1. The summed E-state index contributed by atoms with van der Waals surface area (Å²) in [6.45, 7) is 0.938. The van der Waals surface area contributed by atoms with Gasteiger partial charge < -0.3 is 9.64 Å². The molecule has 1 heterocycles. The molecule has 0 aromatic carbocycles. The number of halogens is 1. The predicted octanol–water partition coefficient (Wildman–Crippen LogP) is 1.70. The first-order valence-corrected chi connectivity index (χ1v) is 3.85. The molecule has 0 aromatic heterocycles. The maximum Gasteiger partial charge on any atom is 0.148 e. The molecule has 1 rings (SSSR count). The fraction of sp³-hybridized carbons (Fsp3) is 0.429. The number of hydrogen-bond donors (Lipinski definition) is 0. The van der Waals surface area contributed by atoms with Gasteiger partial charge in [0.15, 0.2) is 0 Å². The third-order valence-corrected chi connectivity index (χ3v) is 2.07. The Balaban J connectivity index is 2.74. The van der Waals surface area contributed by atoms with Crippen LogP contribution in [-0.2, 0) is 4.74 Å². The van der Waals surface area contributed by atoms with Gasteiger partial charge in [-0.15, -0.1) is 0 Å². The zero-order valence-corrected chi connectivity index (χ0v) is 7.68. The number of hydrogen-bond acceptors (Lipinski definition) is 2. The molecule has 0 atom stereocenters. The molecule has 1 aliphatic heterocycles. The normalized spacial score (nSPS) is 18.1. The topological polar surface area (TPSA) is 12.5 Å². The van der Waals surface area contributed by atoms with Crippen molar-refractivity contribution in [2.24, 2.45) is 0 Å². The Bertz CT molecular complexity index is 186. The summed E-state index contributed by atoms with van der Waals surface area (Å²) in [4.78, 5) is 2.06. The third kappa shape index (κ3) is 1.53. The monoisotopic (exact) mass is 203 g/mol. The first-order chi connectivity index (χ1) is 4.74. The molecule has 0 saturated heterocycles. The van der Waals surface area contributed by atoms with Gasteiger partial charge in [-0.3, -0.25) is 0 Å². The Hall–Kier alpha value is -0.440. The standard InChI is InChI=1S/C7H10BrNO/c1-9-4-3-6(8)7(5-9)10-2/h3,5H,4H2,1-2H3. The second-order valence-electron chi connectivity index (χ2n) is 2.19. The van der Waals surface area contributed by atoms with Crippen LogP contribution in [0.5, 0.6) is 0 Å². The van der Waals surface area contributed by atoms with Gasteiger partial charge >= 0.3 is 0 Å². The third-order valence-electron chi connectivity index (χ3n) is 1.35. The lowest BCUT2D eigenvalue weighted by atomic mass is 10.3. The zero-order chi connectivity index (χ0) is 7.56. The number of likely N-dealkylation sites (N-methyl/N-ethyl adjacent to an activating group) is 1. The van der Waals surface area contributed by atoms with Crippen LogP contribution < -0.4 is 0 Å². The summed E-state index contributed by atoms with van der Waals surface area (Å²) in [6, 6.07) is 0. The minimum absolute atomic E-state index is 0.883. The van der Waals surface area contributed by atoms with Crippen molar-refractivity contribution in [1.82, 2.24) is 4.90 Å². The van der Waals surface area contributed by atoms with E-state index in [2.05, 4.69) is 26.9 Å². The van der Waals surface area contributed by atoms with Gasteiger partial charge in [-0.25, -0.2) is 0 Å². The van der Waals surface area contributed by atoms with Crippen molar-refractivity contribution in [3.63, 3.8) is 0 Å². The fourth-order valence-electron chi connectivity index (χ4n) is 0.789. The highest BCUT2D eigenvalue weighted by atomic mass is 79.9. The van der Waals surface area contributed by atoms with E-state index in [1.165, 1.54) is 0 Å². The van der Waals surface area contributed by atoms with Gasteiger partial charge in [0, 0.05) is 19.8 Å². The SMILES string of the molecule is COC1=CN(C)CC=C1Br. The van der Waals surface area contributed by atoms with Crippen LogP contribution in [0.15, 0.2) is 22.5 Å². The van der Waals surface area contributed by atoms with E-state index in [4.69, 9.17) is 4.74 Å². The van der Waals surface area contributed by atoms with E-state index in [1.54, 1.807) is 7.11 Å². The largest absolute Gasteiger partial charge is 0.494 e. The van der Waals surface area contributed by atoms with E-state index in [-0.39, 0.29) is 0 Å².